The van der Waals surface area contributed by atoms with Crippen LogP contribution in [-0.2, 0) is 21.8 Å². The van der Waals surface area contributed by atoms with Crippen LogP contribution in [-0.4, -0.2) is 59.7 Å². The number of aliphatic hydroxyl groups is 1. The van der Waals surface area contributed by atoms with Gasteiger partial charge in [0.15, 0.2) is 0 Å². The second-order valence-corrected chi connectivity index (χ2v) is 7.25. The minimum absolute atomic E-state index is 0.198. The fourth-order valence-corrected chi connectivity index (χ4v) is 3.19. The van der Waals surface area contributed by atoms with Crippen molar-refractivity contribution < 1.29 is 32.6 Å². The van der Waals surface area contributed by atoms with E-state index in [9.17, 15) is 27.9 Å². The summed E-state index contributed by atoms with van der Waals surface area (Å²) >= 11 is 0. The van der Waals surface area contributed by atoms with E-state index in [0.717, 1.165) is 17.7 Å². The molecule has 0 saturated heterocycles. The maximum atomic E-state index is 12.5. The van der Waals surface area contributed by atoms with Gasteiger partial charge in [0.2, 0.25) is 0 Å². The molecule has 0 unspecified atom stereocenters. The number of benzene rings is 1. The van der Waals surface area contributed by atoms with Crippen molar-refractivity contribution >= 4 is 22.0 Å². The molecule has 0 bridgehead atoms. The number of rotatable bonds is 6. The SMILES string of the molecule is COC(=O)c1ccccc1S(=O)(=O)NC(=O)n1nc(OC[C@@H](C)O)n(C)c1=O. The highest BCUT2D eigenvalue weighted by atomic mass is 32.2. The van der Waals surface area contributed by atoms with Gasteiger partial charge >= 0.3 is 23.7 Å². The Balaban J connectivity index is 2.34. The molecule has 12 nitrogen and oxygen atoms in total. The molecule has 0 saturated carbocycles. The number of sulfonamides is 1. The fraction of sp³-hybridized carbons (Fsp3) is 0.333. The number of methoxy groups -OCH3 is 1. The number of nitrogens with one attached hydrogen (secondary N) is 1. The van der Waals surface area contributed by atoms with Gasteiger partial charge in [0.25, 0.3) is 10.0 Å². The minimum Gasteiger partial charge on any atom is -0.465 e. The van der Waals surface area contributed by atoms with Crippen molar-refractivity contribution in [3.63, 3.8) is 0 Å². The van der Waals surface area contributed by atoms with Gasteiger partial charge in [-0.15, -0.1) is 9.78 Å². The number of hydrogen-bond acceptors (Lipinski definition) is 9. The second-order valence-electron chi connectivity index (χ2n) is 5.59. The Bertz CT molecular complexity index is 1050. The molecule has 1 heterocycles. The zero-order valence-electron chi connectivity index (χ0n) is 15.1. The van der Waals surface area contributed by atoms with Crippen LogP contribution in [0.25, 0.3) is 0 Å². The van der Waals surface area contributed by atoms with Crippen LogP contribution in [0.5, 0.6) is 6.01 Å². The van der Waals surface area contributed by atoms with Gasteiger partial charge in [0, 0.05) is 7.05 Å². The van der Waals surface area contributed by atoms with Crippen LogP contribution in [0.15, 0.2) is 34.0 Å². The third-order valence-corrected chi connectivity index (χ3v) is 4.77. The zero-order chi connectivity index (χ0) is 21.1. The van der Waals surface area contributed by atoms with E-state index >= 15 is 0 Å². The lowest BCUT2D eigenvalue weighted by molar-refractivity contribution is 0.0596. The topological polar surface area (TPSA) is 159 Å². The number of aromatic nitrogens is 3. The monoisotopic (exact) mass is 414 g/mol. The van der Waals surface area contributed by atoms with Gasteiger partial charge < -0.3 is 14.6 Å². The quantitative estimate of drug-likeness (QED) is 0.570. The Morgan fingerprint density at radius 2 is 1.96 bits per heavy atom. The van der Waals surface area contributed by atoms with Crippen molar-refractivity contribution in [2.75, 3.05) is 13.7 Å². The highest BCUT2D eigenvalue weighted by Crippen LogP contribution is 2.16. The number of hydrogen-bond donors (Lipinski definition) is 2. The van der Waals surface area contributed by atoms with Crippen molar-refractivity contribution in [3.8, 4) is 6.01 Å². The van der Waals surface area contributed by atoms with E-state index in [4.69, 9.17) is 4.74 Å². The molecule has 0 aliphatic rings. The van der Waals surface area contributed by atoms with Crippen LogP contribution in [0, 0.1) is 0 Å². The molecular weight excluding hydrogens is 396 g/mol. The number of ether oxygens (including phenoxy) is 2. The van der Waals surface area contributed by atoms with Gasteiger partial charge in [-0.05, 0) is 19.1 Å². The second kappa shape index (κ2) is 8.22. The summed E-state index contributed by atoms with van der Waals surface area (Å²) in [6.07, 6.45) is -0.857. The van der Waals surface area contributed by atoms with E-state index in [-0.39, 0.29) is 22.9 Å². The number of amides is 1. The first-order valence-corrected chi connectivity index (χ1v) is 9.28. The molecule has 0 fully saturated rings. The van der Waals surface area contributed by atoms with Crippen LogP contribution in [0.2, 0.25) is 0 Å². The van der Waals surface area contributed by atoms with Gasteiger partial charge in [0.1, 0.15) is 11.5 Å². The lowest BCUT2D eigenvalue weighted by Gasteiger charge is -2.09. The fourth-order valence-electron chi connectivity index (χ4n) is 2.07. The predicted octanol–water partition coefficient (Wildman–Crippen LogP) is -0.925. The third kappa shape index (κ3) is 4.37. The number of esters is 1. The molecule has 1 atom stereocenters. The summed E-state index contributed by atoms with van der Waals surface area (Å²) in [5, 5.41) is 12.8. The highest BCUT2D eigenvalue weighted by molar-refractivity contribution is 7.90. The Kier molecular flexibility index (Phi) is 6.20. The summed E-state index contributed by atoms with van der Waals surface area (Å²) in [5.41, 5.74) is -1.27. The molecular formula is C15H18N4O8S. The molecule has 1 aromatic heterocycles. The smallest absolute Gasteiger partial charge is 0.360 e. The number of aliphatic hydroxyl groups excluding tert-OH is 1. The predicted molar refractivity (Wildman–Crippen MR) is 93.5 cm³/mol. The number of carbonyl (C=O) groups is 2. The first-order chi connectivity index (χ1) is 13.1. The van der Waals surface area contributed by atoms with Gasteiger partial charge in [0.05, 0.1) is 18.8 Å². The maximum absolute atomic E-state index is 12.5. The standard InChI is InChI=1S/C15H18N4O8S/c1-9(20)8-27-14-16-19(15(23)18(14)2)13(22)17-28(24,25)11-7-5-4-6-10(11)12(21)26-3/h4-7,9,20H,8H2,1-3H3,(H,17,22)/t9-/m1/s1. The molecule has 0 aliphatic carbocycles. The Hall–Kier alpha value is -3.19. The summed E-state index contributed by atoms with van der Waals surface area (Å²) in [6.45, 7) is 1.24. The lowest BCUT2D eigenvalue weighted by atomic mass is 10.2. The molecule has 0 spiro atoms. The van der Waals surface area contributed by atoms with Crippen molar-refractivity contribution in [1.29, 1.82) is 0 Å². The lowest BCUT2D eigenvalue weighted by Crippen LogP contribution is -2.40. The van der Waals surface area contributed by atoms with Crippen LogP contribution in [0.3, 0.4) is 0 Å². The van der Waals surface area contributed by atoms with Crippen LogP contribution in [0.1, 0.15) is 17.3 Å². The van der Waals surface area contributed by atoms with E-state index < -0.39 is 38.7 Å². The maximum Gasteiger partial charge on any atom is 0.360 e. The summed E-state index contributed by atoms with van der Waals surface area (Å²) in [6, 6.07) is 3.39. The highest BCUT2D eigenvalue weighted by Gasteiger charge is 2.27. The minimum atomic E-state index is -4.53. The van der Waals surface area contributed by atoms with E-state index in [2.05, 4.69) is 9.84 Å². The molecule has 152 valence electrons. The first-order valence-electron chi connectivity index (χ1n) is 7.80. The summed E-state index contributed by atoms with van der Waals surface area (Å²) in [4.78, 5) is 35.6. The van der Waals surface area contributed by atoms with E-state index in [0.29, 0.717) is 0 Å². The molecule has 13 heteroatoms. The van der Waals surface area contributed by atoms with Crippen LogP contribution in [0.4, 0.5) is 4.79 Å². The summed E-state index contributed by atoms with van der Waals surface area (Å²) < 4.78 is 37.4. The van der Waals surface area contributed by atoms with Gasteiger partial charge in [-0.2, -0.15) is 0 Å². The van der Waals surface area contributed by atoms with Crippen molar-refractivity contribution in [3.05, 3.63) is 40.3 Å². The Labute approximate surface area is 159 Å². The summed E-state index contributed by atoms with van der Waals surface area (Å²) in [5.74, 6) is -0.919. The van der Waals surface area contributed by atoms with E-state index in [1.165, 1.54) is 32.2 Å². The molecule has 0 aliphatic heterocycles. The third-order valence-electron chi connectivity index (χ3n) is 3.39. The van der Waals surface area contributed by atoms with Gasteiger partial charge in [-0.3, -0.25) is 0 Å². The van der Waals surface area contributed by atoms with Crippen molar-refractivity contribution in [2.24, 2.45) is 7.05 Å². The average molecular weight is 414 g/mol. The van der Waals surface area contributed by atoms with Gasteiger partial charge in [-0.25, -0.2) is 32.1 Å². The van der Waals surface area contributed by atoms with Crippen LogP contribution < -0.4 is 15.1 Å². The zero-order valence-corrected chi connectivity index (χ0v) is 16.0. The molecule has 2 N–H and O–H groups in total. The van der Waals surface area contributed by atoms with E-state index in [1.54, 1.807) is 4.72 Å². The molecule has 1 aromatic carbocycles. The molecule has 2 aromatic rings. The number of nitrogens with zero attached hydrogens (tertiary/aromatic N) is 3. The Morgan fingerprint density at radius 3 is 2.57 bits per heavy atom. The number of carbonyl (C=O) groups excluding carboxylic acids is 2. The van der Waals surface area contributed by atoms with Crippen molar-refractivity contribution in [1.82, 2.24) is 19.1 Å². The molecule has 28 heavy (non-hydrogen) atoms. The molecule has 1 amide bonds. The van der Waals surface area contributed by atoms with Crippen molar-refractivity contribution in [2.45, 2.75) is 17.9 Å². The summed E-state index contributed by atoms with van der Waals surface area (Å²) in [7, 11) is -2.21. The molecule has 2 rings (SSSR count). The first kappa shape index (κ1) is 21.1. The van der Waals surface area contributed by atoms with Crippen LogP contribution >= 0.6 is 0 Å². The average Bonchev–Trinajstić information content (AvgIpc) is 2.93. The normalized spacial score (nSPS) is 12.3. The molecule has 0 radical (unpaired) electrons. The largest absolute Gasteiger partial charge is 0.465 e. The van der Waals surface area contributed by atoms with Gasteiger partial charge in [-0.1, -0.05) is 12.1 Å². The van der Waals surface area contributed by atoms with E-state index in [1.807, 2.05) is 0 Å². The Morgan fingerprint density at radius 1 is 1.32 bits per heavy atom.